The fraction of sp³-hybridized carbons (Fsp3) is 0.444. The Bertz CT molecular complexity index is 809. The summed E-state index contributed by atoms with van der Waals surface area (Å²) < 4.78 is 10.6. The molecular weight excluding hydrogens is 310 g/mol. The predicted octanol–water partition coefficient (Wildman–Crippen LogP) is 2.76. The molecule has 1 saturated heterocycles. The lowest BCUT2D eigenvalue weighted by atomic mass is 9.96. The average Bonchev–Trinajstić information content (AvgIpc) is 3.13. The number of aryl methyl sites for hydroxylation is 2. The van der Waals surface area contributed by atoms with Crippen molar-refractivity contribution in [2.45, 2.75) is 32.2 Å². The number of carbonyl (C=O) groups is 2. The van der Waals surface area contributed by atoms with Crippen LogP contribution >= 0.6 is 0 Å². The topological polar surface area (TPSA) is 80.0 Å². The van der Waals surface area contributed by atoms with Crippen molar-refractivity contribution in [3.05, 3.63) is 35.1 Å². The summed E-state index contributed by atoms with van der Waals surface area (Å²) in [7, 11) is 1.45. The number of aliphatic carboxylic acids is 1. The first-order chi connectivity index (χ1) is 11.4. The van der Waals surface area contributed by atoms with Crippen LogP contribution in [0.25, 0.3) is 11.0 Å². The molecule has 1 aromatic heterocycles. The molecule has 1 N–H and O–H groups in total. The largest absolute Gasteiger partial charge is 0.479 e. The van der Waals surface area contributed by atoms with Gasteiger partial charge in [0.2, 0.25) is 0 Å². The lowest BCUT2D eigenvalue weighted by molar-refractivity contribution is -0.151. The molecule has 1 aromatic carbocycles. The Morgan fingerprint density at radius 3 is 2.71 bits per heavy atom. The Labute approximate surface area is 140 Å². The van der Waals surface area contributed by atoms with Crippen molar-refractivity contribution < 1.29 is 23.8 Å². The number of benzene rings is 1. The van der Waals surface area contributed by atoms with Crippen molar-refractivity contribution in [2.24, 2.45) is 0 Å². The van der Waals surface area contributed by atoms with E-state index in [1.807, 2.05) is 26.0 Å². The smallest absolute Gasteiger partial charge is 0.332 e. The van der Waals surface area contributed by atoms with Crippen molar-refractivity contribution >= 4 is 22.8 Å². The Kier molecular flexibility index (Phi) is 4.09. The summed E-state index contributed by atoms with van der Waals surface area (Å²) in [5.41, 5.74) is 1.86. The molecule has 0 spiro atoms. The number of likely N-dealkylation sites (tertiary alicyclic amines) is 1. The highest BCUT2D eigenvalue weighted by atomic mass is 16.5. The number of carbonyl (C=O) groups excluding carboxylic acids is 1. The molecule has 1 atom stereocenters. The monoisotopic (exact) mass is 331 g/mol. The summed E-state index contributed by atoms with van der Waals surface area (Å²) in [6.07, 6.45) is 2.44. The number of rotatable bonds is 4. The SMILES string of the molecule is COCC1(C(=O)O)CCCN1C(=O)c1coc2cc(C)c(C)cc12. The molecule has 0 saturated carbocycles. The Morgan fingerprint density at radius 1 is 1.33 bits per heavy atom. The van der Waals surface area contributed by atoms with Crippen LogP contribution in [-0.4, -0.2) is 47.7 Å². The number of carboxylic acids is 1. The van der Waals surface area contributed by atoms with Gasteiger partial charge in [0.25, 0.3) is 5.91 Å². The van der Waals surface area contributed by atoms with E-state index in [4.69, 9.17) is 9.15 Å². The van der Waals surface area contributed by atoms with Gasteiger partial charge >= 0.3 is 5.97 Å². The van der Waals surface area contributed by atoms with Crippen LogP contribution in [0, 0.1) is 13.8 Å². The molecule has 1 aliphatic rings. The predicted molar refractivity (Wildman–Crippen MR) is 88.2 cm³/mol. The number of carboxylic acid groups (broad SMARTS) is 1. The number of nitrogens with zero attached hydrogens (tertiary/aromatic N) is 1. The molecule has 0 bridgehead atoms. The van der Waals surface area contributed by atoms with Crippen molar-refractivity contribution in [3.8, 4) is 0 Å². The lowest BCUT2D eigenvalue weighted by Crippen LogP contribution is -2.56. The lowest BCUT2D eigenvalue weighted by Gasteiger charge is -2.33. The van der Waals surface area contributed by atoms with E-state index in [0.29, 0.717) is 35.9 Å². The maximum atomic E-state index is 13.1. The van der Waals surface area contributed by atoms with E-state index in [-0.39, 0.29) is 12.5 Å². The van der Waals surface area contributed by atoms with Gasteiger partial charge in [-0.05, 0) is 49.9 Å². The first kappa shape index (κ1) is 16.5. The van der Waals surface area contributed by atoms with E-state index in [1.54, 1.807) is 0 Å². The molecule has 6 heteroatoms. The van der Waals surface area contributed by atoms with Crippen molar-refractivity contribution in [3.63, 3.8) is 0 Å². The van der Waals surface area contributed by atoms with Gasteiger partial charge in [-0.2, -0.15) is 0 Å². The number of fused-ring (bicyclic) bond motifs is 1. The third kappa shape index (κ3) is 2.38. The van der Waals surface area contributed by atoms with E-state index in [2.05, 4.69) is 0 Å². The normalized spacial score (nSPS) is 20.7. The van der Waals surface area contributed by atoms with Gasteiger partial charge in [-0.25, -0.2) is 4.79 Å². The molecule has 128 valence electrons. The molecule has 1 amide bonds. The quantitative estimate of drug-likeness (QED) is 0.932. The van der Waals surface area contributed by atoms with Gasteiger partial charge in [0.1, 0.15) is 11.8 Å². The van der Waals surface area contributed by atoms with Crippen LogP contribution in [0.5, 0.6) is 0 Å². The molecule has 3 rings (SSSR count). The van der Waals surface area contributed by atoms with Gasteiger partial charge in [-0.15, -0.1) is 0 Å². The zero-order valence-electron chi connectivity index (χ0n) is 14.1. The minimum absolute atomic E-state index is 0.0258. The number of amides is 1. The molecule has 1 aliphatic heterocycles. The Morgan fingerprint density at radius 2 is 2.04 bits per heavy atom. The van der Waals surface area contributed by atoms with Gasteiger partial charge in [-0.1, -0.05) is 0 Å². The van der Waals surface area contributed by atoms with Crippen molar-refractivity contribution in [2.75, 3.05) is 20.3 Å². The summed E-state index contributed by atoms with van der Waals surface area (Å²) >= 11 is 0. The molecule has 6 nitrogen and oxygen atoms in total. The summed E-state index contributed by atoms with van der Waals surface area (Å²) in [6, 6.07) is 3.81. The van der Waals surface area contributed by atoms with Crippen LogP contribution in [0.4, 0.5) is 0 Å². The van der Waals surface area contributed by atoms with Crippen molar-refractivity contribution in [1.82, 2.24) is 4.90 Å². The summed E-state index contributed by atoms with van der Waals surface area (Å²) in [6.45, 7) is 4.32. The fourth-order valence-corrected chi connectivity index (χ4v) is 3.44. The maximum absolute atomic E-state index is 13.1. The highest BCUT2D eigenvalue weighted by Crippen LogP contribution is 2.34. The maximum Gasteiger partial charge on any atom is 0.332 e. The van der Waals surface area contributed by atoms with Crippen LogP contribution in [-0.2, 0) is 9.53 Å². The van der Waals surface area contributed by atoms with Crippen LogP contribution in [0.3, 0.4) is 0 Å². The van der Waals surface area contributed by atoms with E-state index in [9.17, 15) is 14.7 Å². The zero-order valence-corrected chi connectivity index (χ0v) is 14.1. The standard InChI is InChI=1S/C18H21NO5/c1-11-7-13-14(9-24-15(13)8-12(11)2)16(20)19-6-4-5-18(19,10-23-3)17(21)22/h7-9H,4-6,10H2,1-3H3,(H,21,22). The second kappa shape index (κ2) is 5.94. The van der Waals surface area contributed by atoms with Crippen LogP contribution in [0.15, 0.2) is 22.8 Å². The summed E-state index contributed by atoms with van der Waals surface area (Å²) in [4.78, 5) is 26.3. The molecule has 2 aromatic rings. The second-order valence-corrected chi connectivity index (χ2v) is 6.41. The molecule has 0 radical (unpaired) electrons. The van der Waals surface area contributed by atoms with Gasteiger partial charge in [-0.3, -0.25) is 4.79 Å². The number of ether oxygens (including phenoxy) is 1. The minimum atomic E-state index is -1.31. The summed E-state index contributed by atoms with van der Waals surface area (Å²) in [5.74, 6) is -1.36. The molecule has 2 heterocycles. The highest BCUT2D eigenvalue weighted by molar-refractivity contribution is 6.08. The third-order valence-electron chi connectivity index (χ3n) is 4.94. The molecule has 24 heavy (non-hydrogen) atoms. The van der Waals surface area contributed by atoms with E-state index >= 15 is 0 Å². The molecule has 0 aliphatic carbocycles. The summed E-state index contributed by atoms with van der Waals surface area (Å²) in [5, 5.41) is 10.4. The number of furan rings is 1. The van der Waals surface area contributed by atoms with E-state index in [0.717, 1.165) is 11.1 Å². The third-order valence-corrected chi connectivity index (χ3v) is 4.94. The number of methoxy groups -OCH3 is 1. The van der Waals surface area contributed by atoms with Crippen molar-refractivity contribution in [1.29, 1.82) is 0 Å². The van der Waals surface area contributed by atoms with Gasteiger partial charge < -0.3 is 19.2 Å². The number of hydrogen-bond donors (Lipinski definition) is 1. The Balaban J connectivity index is 2.05. The molecular formula is C18H21NO5. The zero-order chi connectivity index (χ0) is 17.5. The first-order valence-corrected chi connectivity index (χ1v) is 7.93. The van der Waals surface area contributed by atoms with Gasteiger partial charge in [0.15, 0.2) is 5.54 Å². The van der Waals surface area contributed by atoms with Crippen LogP contribution in [0.1, 0.15) is 34.3 Å². The molecule has 1 unspecified atom stereocenters. The number of hydrogen-bond acceptors (Lipinski definition) is 4. The second-order valence-electron chi connectivity index (χ2n) is 6.41. The van der Waals surface area contributed by atoms with Gasteiger partial charge in [0, 0.05) is 19.0 Å². The first-order valence-electron chi connectivity index (χ1n) is 7.93. The highest BCUT2D eigenvalue weighted by Gasteiger charge is 2.50. The average molecular weight is 331 g/mol. The Hall–Kier alpha value is -2.34. The minimum Gasteiger partial charge on any atom is -0.479 e. The van der Waals surface area contributed by atoms with Crippen LogP contribution in [0.2, 0.25) is 0 Å². The van der Waals surface area contributed by atoms with E-state index < -0.39 is 11.5 Å². The van der Waals surface area contributed by atoms with E-state index in [1.165, 1.54) is 18.3 Å². The fourth-order valence-electron chi connectivity index (χ4n) is 3.44. The van der Waals surface area contributed by atoms with Gasteiger partial charge in [0.05, 0.1) is 12.2 Å². The van der Waals surface area contributed by atoms with Crippen LogP contribution < -0.4 is 0 Å². The molecule has 1 fully saturated rings.